The summed E-state index contributed by atoms with van der Waals surface area (Å²) >= 11 is 0. The topological polar surface area (TPSA) is 52.6 Å². The van der Waals surface area contributed by atoms with Crippen LogP contribution in [0, 0.1) is 0 Å². The fraction of sp³-hybridized carbons (Fsp3) is 0.0625. The van der Waals surface area contributed by atoms with Crippen LogP contribution >= 0.6 is 0 Å². The molecule has 0 radical (unpaired) electrons. The third kappa shape index (κ3) is 1.39. The van der Waals surface area contributed by atoms with Gasteiger partial charge in [0.15, 0.2) is 5.58 Å². The van der Waals surface area contributed by atoms with Gasteiger partial charge < -0.3 is 13.6 Å². The van der Waals surface area contributed by atoms with E-state index in [4.69, 9.17) is 13.6 Å². The van der Waals surface area contributed by atoms with E-state index in [9.17, 15) is 4.79 Å². The molecule has 0 aliphatic rings. The Hall–Kier alpha value is -2.75. The van der Waals surface area contributed by atoms with Gasteiger partial charge in [0.2, 0.25) is 0 Å². The molecule has 0 bridgehead atoms. The van der Waals surface area contributed by atoms with Crippen molar-refractivity contribution >= 4 is 32.9 Å². The molecule has 2 aromatic heterocycles. The Morgan fingerprint density at radius 2 is 1.75 bits per heavy atom. The summed E-state index contributed by atoms with van der Waals surface area (Å²) in [6.45, 7) is 0. The van der Waals surface area contributed by atoms with E-state index in [1.165, 1.54) is 0 Å². The number of benzene rings is 2. The SMILES string of the molecule is COc1ccc2oc3c4ccccc4oc(=O)c3c2c1. The Morgan fingerprint density at radius 3 is 2.60 bits per heavy atom. The van der Waals surface area contributed by atoms with Crippen LogP contribution in [-0.4, -0.2) is 7.11 Å². The first-order valence-electron chi connectivity index (χ1n) is 6.20. The van der Waals surface area contributed by atoms with Gasteiger partial charge in [-0.25, -0.2) is 4.79 Å². The van der Waals surface area contributed by atoms with Crippen LogP contribution in [0.5, 0.6) is 5.75 Å². The van der Waals surface area contributed by atoms with Gasteiger partial charge in [0.05, 0.1) is 12.5 Å². The molecule has 0 saturated heterocycles. The molecule has 98 valence electrons. The number of hydrogen-bond donors (Lipinski definition) is 0. The van der Waals surface area contributed by atoms with Crippen LogP contribution in [0.15, 0.2) is 56.1 Å². The molecule has 0 saturated carbocycles. The fourth-order valence-electron chi connectivity index (χ4n) is 2.49. The van der Waals surface area contributed by atoms with Crippen molar-refractivity contribution in [2.75, 3.05) is 7.11 Å². The van der Waals surface area contributed by atoms with E-state index in [1.807, 2.05) is 18.2 Å². The van der Waals surface area contributed by atoms with Crippen molar-refractivity contribution in [3.05, 3.63) is 52.9 Å². The maximum Gasteiger partial charge on any atom is 0.348 e. The highest BCUT2D eigenvalue weighted by Crippen LogP contribution is 2.33. The number of rotatable bonds is 1. The predicted octanol–water partition coefficient (Wildman–Crippen LogP) is 3.70. The largest absolute Gasteiger partial charge is 0.497 e. The van der Waals surface area contributed by atoms with E-state index >= 15 is 0 Å². The normalized spacial score (nSPS) is 11.4. The van der Waals surface area contributed by atoms with Crippen molar-refractivity contribution in [1.29, 1.82) is 0 Å². The average molecular weight is 266 g/mol. The number of furan rings is 1. The monoisotopic (exact) mass is 266 g/mol. The van der Waals surface area contributed by atoms with Gasteiger partial charge in [-0.1, -0.05) is 12.1 Å². The molecular weight excluding hydrogens is 256 g/mol. The molecule has 0 spiro atoms. The lowest BCUT2D eigenvalue weighted by atomic mass is 10.1. The molecule has 0 unspecified atom stereocenters. The van der Waals surface area contributed by atoms with Crippen molar-refractivity contribution in [1.82, 2.24) is 0 Å². The molecule has 20 heavy (non-hydrogen) atoms. The maximum absolute atomic E-state index is 12.2. The standard InChI is InChI=1S/C16H10O4/c1-18-9-6-7-13-11(8-9)14-15(19-13)10-4-2-3-5-12(10)20-16(14)17/h2-8H,1H3. The minimum absolute atomic E-state index is 0.397. The highest BCUT2D eigenvalue weighted by atomic mass is 16.5. The lowest BCUT2D eigenvalue weighted by Crippen LogP contribution is -1.98. The second-order valence-electron chi connectivity index (χ2n) is 4.55. The van der Waals surface area contributed by atoms with Crippen molar-refractivity contribution in [3.8, 4) is 5.75 Å². The van der Waals surface area contributed by atoms with Gasteiger partial charge in [0.1, 0.15) is 22.3 Å². The Kier molecular flexibility index (Phi) is 2.15. The molecule has 4 aromatic rings. The van der Waals surface area contributed by atoms with Gasteiger partial charge in [0, 0.05) is 5.39 Å². The molecule has 0 fully saturated rings. The Morgan fingerprint density at radius 1 is 0.950 bits per heavy atom. The summed E-state index contributed by atoms with van der Waals surface area (Å²) in [5.41, 5.74) is 1.33. The Bertz CT molecular complexity index is 1010. The van der Waals surface area contributed by atoms with E-state index in [0.29, 0.717) is 33.3 Å². The van der Waals surface area contributed by atoms with Gasteiger partial charge in [0.25, 0.3) is 0 Å². The zero-order valence-corrected chi connectivity index (χ0v) is 10.7. The molecule has 4 nitrogen and oxygen atoms in total. The number of hydrogen-bond acceptors (Lipinski definition) is 4. The predicted molar refractivity (Wildman–Crippen MR) is 76.3 cm³/mol. The molecule has 2 aromatic carbocycles. The molecule has 0 atom stereocenters. The maximum atomic E-state index is 12.2. The van der Waals surface area contributed by atoms with Gasteiger partial charge in [-0.05, 0) is 30.3 Å². The zero-order chi connectivity index (χ0) is 13.7. The summed E-state index contributed by atoms with van der Waals surface area (Å²) in [7, 11) is 1.58. The van der Waals surface area contributed by atoms with Gasteiger partial charge in [-0.15, -0.1) is 0 Å². The number of para-hydroxylation sites is 1. The highest BCUT2D eigenvalue weighted by molar-refractivity contribution is 6.13. The van der Waals surface area contributed by atoms with E-state index in [1.54, 1.807) is 31.4 Å². The second-order valence-corrected chi connectivity index (χ2v) is 4.55. The third-order valence-corrected chi connectivity index (χ3v) is 3.43. The molecule has 0 aliphatic heterocycles. The molecular formula is C16H10O4. The first-order chi connectivity index (χ1) is 9.78. The molecule has 4 heteroatoms. The van der Waals surface area contributed by atoms with Crippen molar-refractivity contribution in [3.63, 3.8) is 0 Å². The van der Waals surface area contributed by atoms with Gasteiger partial charge in [-0.3, -0.25) is 0 Å². The van der Waals surface area contributed by atoms with Crippen LogP contribution in [0.25, 0.3) is 32.9 Å². The second kappa shape index (κ2) is 3.87. The Balaban J connectivity index is 2.30. The van der Waals surface area contributed by atoms with E-state index in [0.717, 1.165) is 5.39 Å². The van der Waals surface area contributed by atoms with Gasteiger partial charge >= 0.3 is 5.63 Å². The summed E-state index contributed by atoms with van der Waals surface area (Å²) in [5.74, 6) is 0.674. The highest BCUT2D eigenvalue weighted by Gasteiger charge is 2.16. The van der Waals surface area contributed by atoms with Crippen LogP contribution in [0.3, 0.4) is 0 Å². The molecule has 0 amide bonds. The first kappa shape index (κ1) is 11.1. The Labute approximate surface area is 113 Å². The van der Waals surface area contributed by atoms with E-state index < -0.39 is 5.63 Å². The van der Waals surface area contributed by atoms with Crippen molar-refractivity contribution in [2.24, 2.45) is 0 Å². The summed E-state index contributed by atoms with van der Waals surface area (Å²) in [4.78, 5) is 12.2. The lowest BCUT2D eigenvalue weighted by Gasteiger charge is -1.97. The summed E-state index contributed by atoms with van der Waals surface area (Å²) in [6, 6.07) is 12.7. The summed E-state index contributed by atoms with van der Waals surface area (Å²) in [5, 5.41) is 1.95. The van der Waals surface area contributed by atoms with Crippen LogP contribution in [0.2, 0.25) is 0 Å². The zero-order valence-electron chi connectivity index (χ0n) is 10.7. The summed E-state index contributed by atoms with van der Waals surface area (Å²) < 4.78 is 16.4. The van der Waals surface area contributed by atoms with Crippen LogP contribution in [0.4, 0.5) is 0 Å². The van der Waals surface area contributed by atoms with Crippen molar-refractivity contribution in [2.45, 2.75) is 0 Å². The van der Waals surface area contributed by atoms with E-state index in [2.05, 4.69) is 0 Å². The molecule has 0 N–H and O–H groups in total. The molecule has 4 rings (SSSR count). The molecule has 0 aliphatic carbocycles. The van der Waals surface area contributed by atoms with Crippen LogP contribution in [0.1, 0.15) is 0 Å². The van der Waals surface area contributed by atoms with Crippen molar-refractivity contribution < 1.29 is 13.6 Å². The third-order valence-electron chi connectivity index (χ3n) is 3.43. The minimum atomic E-state index is -0.397. The molecule has 2 heterocycles. The average Bonchev–Trinajstić information content (AvgIpc) is 2.86. The number of methoxy groups -OCH3 is 1. The first-order valence-corrected chi connectivity index (χ1v) is 6.20. The fourth-order valence-corrected chi connectivity index (χ4v) is 2.49. The summed E-state index contributed by atoms with van der Waals surface area (Å²) in [6.07, 6.45) is 0. The minimum Gasteiger partial charge on any atom is -0.497 e. The smallest absolute Gasteiger partial charge is 0.348 e. The van der Waals surface area contributed by atoms with E-state index in [-0.39, 0.29) is 0 Å². The number of ether oxygens (including phenoxy) is 1. The number of fused-ring (bicyclic) bond motifs is 5. The van der Waals surface area contributed by atoms with Gasteiger partial charge in [-0.2, -0.15) is 0 Å². The lowest BCUT2D eigenvalue weighted by molar-refractivity contribution is 0.415. The van der Waals surface area contributed by atoms with Crippen LogP contribution < -0.4 is 10.4 Å². The van der Waals surface area contributed by atoms with Crippen LogP contribution in [-0.2, 0) is 0 Å². The quantitative estimate of drug-likeness (QED) is 0.493.